The number of benzene rings is 3. The number of carbonyl (C=O) groups is 1. The van der Waals surface area contributed by atoms with E-state index in [1.807, 2.05) is 81.4 Å². The van der Waals surface area contributed by atoms with Crippen LogP contribution >= 0.6 is 11.6 Å². The van der Waals surface area contributed by atoms with Gasteiger partial charge >= 0.3 is 0 Å². The molecule has 1 amide bonds. The van der Waals surface area contributed by atoms with Crippen LogP contribution in [-0.2, 0) is 4.79 Å². The van der Waals surface area contributed by atoms with Gasteiger partial charge in [-0.25, -0.2) is 0 Å². The smallest absolute Gasteiger partial charge is 0.246 e. The van der Waals surface area contributed by atoms with Crippen LogP contribution in [0.15, 0.2) is 66.7 Å². The van der Waals surface area contributed by atoms with E-state index in [-0.39, 0.29) is 11.9 Å². The molecule has 0 radical (unpaired) electrons. The van der Waals surface area contributed by atoms with Crippen molar-refractivity contribution >= 4 is 52.4 Å². The first kappa shape index (κ1) is 24.9. The zero-order valence-corrected chi connectivity index (χ0v) is 21.3. The van der Waals surface area contributed by atoms with Gasteiger partial charge in [0, 0.05) is 22.1 Å². The minimum absolute atomic E-state index is 0.249. The Labute approximate surface area is 215 Å². The Kier molecular flexibility index (Phi) is 7.65. The van der Waals surface area contributed by atoms with Gasteiger partial charge in [-0.1, -0.05) is 53.1 Å². The molecule has 0 bridgehead atoms. The van der Waals surface area contributed by atoms with Crippen LogP contribution in [-0.4, -0.2) is 26.9 Å². The zero-order valence-electron chi connectivity index (χ0n) is 20.6. The summed E-state index contributed by atoms with van der Waals surface area (Å²) in [6.45, 7) is 7.68. The lowest BCUT2D eigenvalue weighted by Gasteiger charge is -2.16. The van der Waals surface area contributed by atoms with Gasteiger partial charge in [0.25, 0.3) is 0 Å². The molecule has 0 unspecified atom stereocenters. The lowest BCUT2D eigenvalue weighted by atomic mass is 10.2. The predicted molar refractivity (Wildman–Crippen MR) is 147 cm³/mol. The number of amides is 1. The normalized spacial score (nSPS) is 11.5. The molecule has 8 nitrogen and oxygen atoms in total. The SMILES string of the molecule is Cc1ccc(Nc2nc(Nc3ccc(C)cc3)nc(N[C@H](C)C(=O)Nc3ccc(C)c(Cl)c3)n2)cc1. The van der Waals surface area contributed by atoms with Gasteiger partial charge in [0.15, 0.2) is 0 Å². The molecule has 4 rings (SSSR count). The maximum atomic E-state index is 12.8. The summed E-state index contributed by atoms with van der Waals surface area (Å²) in [7, 11) is 0. The second kappa shape index (κ2) is 11.0. The van der Waals surface area contributed by atoms with Crippen LogP contribution in [0.3, 0.4) is 0 Å². The molecular formula is C27H28ClN7O. The van der Waals surface area contributed by atoms with Crippen molar-refractivity contribution in [2.24, 2.45) is 0 Å². The summed E-state index contributed by atoms with van der Waals surface area (Å²) < 4.78 is 0. The Morgan fingerprint density at radius 3 is 1.69 bits per heavy atom. The number of nitrogens with one attached hydrogen (secondary N) is 4. The van der Waals surface area contributed by atoms with E-state index in [2.05, 4.69) is 36.2 Å². The molecule has 0 saturated heterocycles. The minimum atomic E-state index is -0.632. The predicted octanol–water partition coefficient (Wildman–Crippen LogP) is 6.38. The van der Waals surface area contributed by atoms with Crippen molar-refractivity contribution in [1.82, 2.24) is 15.0 Å². The number of hydrogen-bond donors (Lipinski definition) is 4. The van der Waals surface area contributed by atoms with Crippen LogP contribution in [0, 0.1) is 20.8 Å². The number of hydrogen-bond acceptors (Lipinski definition) is 7. The Morgan fingerprint density at radius 1 is 0.722 bits per heavy atom. The van der Waals surface area contributed by atoms with Gasteiger partial charge in [0.05, 0.1) is 0 Å². The van der Waals surface area contributed by atoms with Gasteiger partial charge in [0.2, 0.25) is 23.8 Å². The summed E-state index contributed by atoms with van der Waals surface area (Å²) in [5, 5.41) is 12.9. The standard InChI is InChI=1S/C27H28ClN7O/c1-16-5-10-20(11-6-16)31-26-33-25(34-27(35-26)32-21-12-7-17(2)8-13-21)29-19(4)24(36)30-22-14-9-18(3)23(28)15-22/h5-15,19H,1-4H3,(H,30,36)(H3,29,31,32,33,34,35)/t19-/m1/s1. The highest BCUT2D eigenvalue weighted by Gasteiger charge is 2.16. The first-order chi connectivity index (χ1) is 17.2. The van der Waals surface area contributed by atoms with E-state index in [1.54, 1.807) is 13.0 Å². The van der Waals surface area contributed by atoms with Crippen LogP contribution in [0.25, 0.3) is 0 Å². The van der Waals surface area contributed by atoms with Gasteiger partial charge in [-0.3, -0.25) is 4.79 Å². The summed E-state index contributed by atoms with van der Waals surface area (Å²) >= 11 is 6.18. The Bertz CT molecular complexity index is 1290. The highest BCUT2D eigenvalue weighted by atomic mass is 35.5. The average Bonchev–Trinajstić information content (AvgIpc) is 2.84. The van der Waals surface area contributed by atoms with Crippen molar-refractivity contribution in [3.8, 4) is 0 Å². The Hall–Kier alpha value is -4.17. The van der Waals surface area contributed by atoms with Crippen molar-refractivity contribution < 1.29 is 4.79 Å². The van der Waals surface area contributed by atoms with E-state index in [1.165, 1.54) is 0 Å². The summed E-state index contributed by atoms with van der Waals surface area (Å²) in [6, 6.07) is 20.5. The van der Waals surface area contributed by atoms with E-state index in [0.717, 1.165) is 28.1 Å². The van der Waals surface area contributed by atoms with Crippen molar-refractivity contribution in [1.29, 1.82) is 0 Å². The number of carbonyl (C=O) groups excluding carboxylic acids is 1. The van der Waals surface area contributed by atoms with Crippen LogP contribution in [0.4, 0.5) is 34.9 Å². The average molecular weight is 502 g/mol. The number of aryl methyl sites for hydroxylation is 3. The molecule has 1 atom stereocenters. The van der Waals surface area contributed by atoms with Crippen LogP contribution in [0.1, 0.15) is 23.6 Å². The fourth-order valence-electron chi connectivity index (χ4n) is 3.26. The van der Waals surface area contributed by atoms with E-state index in [9.17, 15) is 4.79 Å². The molecule has 1 heterocycles. The Balaban J connectivity index is 1.55. The van der Waals surface area contributed by atoms with E-state index < -0.39 is 6.04 Å². The van der Waals surface area contributed by atoms with E-state index >= 15 is 0 Å². The first-order valence-electron chi connectivity index (χ1n) is 11.5. The minimum Gasteiger partial charge on any atom is -0.342 e. The van der Waals surface area contributed by atoms with Crippen LogP contribution < -0.4 is 21.3 Å². The maximum absolute atomic E-state index is 12.8. The third-order valence-electron chi connectivity index (χ3n) is 5.43. The molecular weight excluding hydrogens is 474 g/mol. The third-order valence-corrected chi connectivity index (χ3v) is 5.84. The number of halogens is 1. The van der Waals surface area contributed by atoms with Crippen molar-refractivity contribution in [2.75, 3.05) is 21.3 Å². The summed E-state index contributed by atoms with van der Waals surface area (Å²) in [5.74, 6) is 0.669. The van der Waals surface area contributed by atoms with Gasteiger partial charge in [-0.15, -0.1) is 0 Å². The molecule has 0 fully saturated rings. The number of rotatable bonds is 8. The Morgan fingerprint density at radius 2 is 1.19 bits per heavy atom. The van der Waals surface area contributed by atoms with Crippen molar-refractivity contribution in [3.05, 3.63) is 88.4 Å². The van der Waals surface area contributed by atoms with E-state index in [0.29, 0.717) is 22.6 Å². The van der Waals surface area contributed by atoms with E-state index in [4.69, 9.17) is 11.6 Å². The molecule has 4 aromatic rings. The molecule has 3 aromatic carbocycles. The molecule has 1 aromatic heterocycles. The quantitative estimate of drug-likeness (QED) is 0.222. The summed E-state index contributed by atoms with van der Waals surface area (Å²) in [6.07, 6.45) is 0. The summed E-state index contributed by atoms with van der Waals surface area (Å²) in [4.78, 5) is 26.3. The monoisotopic (exact) mass is 501 g/mol. The number of nitrogens with zero attached hydrogens (tertiary/aromatic N) is 3. The molecule has 0 aliphatic rings. The number of anilines is 6. The fourth-order valence-corrected chi connectivity index (χ4v) is 3.45. The third kappa shape index (κ3) is 6.70. The lowest BCUT2D eigenvalue weighted by molar-refractivity contribution is -0.116. The fraction of sp³-hybridized carbons (Fsp3) is 0.185. The number of aromatic nitrogens is 3. The largest absolute Gasteiger partial charge is 0.342 e. The molecule has 9 heteroatoms. The van der Waals surface area contributed by atoms with Gasteiger partial charge < -0.3 is 21.3 Å². The molecule has 184 valence electrons. The topological polar surface area (TPSA) is 104 Å². The molecule has 0 saturated carbocycles. The van der Waals surface area contributed by atoms with Gasteiger partial charge in [-0.2, -0.15) is 15.0 Å². The molecule has 0 spiro atoms. The van der Waals surface area contributed by atoms with Crippen LogP contribution in [0.5, 0.6) is 0 Å². The van der Waals surface area contributed by atoms with Crippen LogP contribution in [0.2, 0.25) is 5.02 Å². The summed E-state index contributed by atoms with van der Waals surface area (Å²) in [5.41, 5.74) is 5.52. The second-order valence-electron chi connectivity index (χ2n) is 8.61. The van der Waals surface area contributed by atoms with Gasteiger partial charge in [0.1, 0.15) is 6.04 Å². The molecule has 0 aliphatic heterocycles. The van der Waals surface area contributed by atoms with Crippen molar-refractivity contribution in [2.45, 2.75) is 33.7 Å². The first-order valence-corrected chi connectivity index (χ1v) is 11.9. The molecule has 0 aliphatic carbocycles. The molecule has 4 N–H and O–H groups in total. The van der Waals surface area contributed by atoms with Crippen molar-refractivity contribution in [3.63, 3.8) is 0 Å². The zero-order chi connectivity index (χ0) is 25.7. The van der Waals surface area contributed by atoms with Gasteiger partial charge in [-0.05, 0) is 69.7 Å². The molecule has 36 heavy (non-hydrogen) atoms. The lowest BCUT2D eigenvalue weighted by Crippen LogP contribution is -2.32. The maximum Gasteiger partial charge on any atom is 0.246 e. The highest BCUT2D eigenvalue weighted by molar-refractivity contribution is 6.31. The second-order valence-corrected chi connectivity index (χ2v) is 9.01. The highest BCUT2D eigenvalue weighted by Crippen LogP contribution is 2.22.